The monoisotopic (exact) mass is 328 g/mol. The van der Waals surface area contributed by atoms with E-state index in [-0.39, 0.29) is 11.6 Å². The number of nitro groups is 1. The molecular weight excluding hydrogens is 308 g/mol. The first kappa shape index (κ1) is 16.2. The minimum atomic E-state index is -0.634. The normalized spacial score (nSPS) is 14.3. The van der Waals surface area contributed by atoms with Crippen molar-refractivity contribution in [1.82, 2.24) is 9.78 Å². The van der Waals surface area contributed by atoms with Crippen LogP contribution in [-0.4, -0.2) is 20.6 Å². The fourth-order valence-electron chi connectivity index (χ4n) is 3.30. The van der Waals surface area contributed by atoms with Crippen molar-refractivity contribution < 1.29 is 9.72 Å². The lowest BCUT2D eigenvalue weighted by molar-refractivity contribution is -0.386. The Hall–Kier alpha value is -2.70. The lowest BCUT2D eigenvalue weighted by Crippen LogP contribution is -2.25. The zero-order valence-corrected chi connectivity index (χ0v) is 14.0. The minimum Gasteiger partial charge on any atom is -0.324 e. The molecule has 1 N–H and O–H groups in total. The summed E-state index contributed by atoms with van der Waals surface area (Å²) in [7, 11) is 0. The van der Waals surface area contributed by atoms with E-state index < -0.39 is 11.0 Å². The number of fused-ring (bicyclic) bond motifs is 1. The number of nitrogens with one attached hydrogen (secondary N) is 1. The van der Waals surface area contributed by atoms with E-state index in [1.165, 1.54) is 15.8 Å². The summed E-state index contributed by atoms with van der Waals surface area (Å²) < 4.78 is 1.41. The van der Waals surface area contributed by atoms with Crippen LogP contribution in [0.15, 0.2) is 18.2 Å². The molecular formula is C17H20N4O3. The molecule has 1 amide bonds. The van der Waals surface area contributed by atoms with E-state index in [0.29, 0.717) is 11.4 Å². The van der Waals surface area contributed by atoms with Crippen LogP contribution in [0.3, 0.4) is 0 Å². The number of hydrogen-bond donors (Lipinski definition) is 1. The van der Waals surface area contributed by atoms with Crippen LogP contribution >= 0.6 is 0 Å². The average Bonchev–Trinajstić information content (AvgIpc) is 3.10. The van der Waals surface area contributed by atoms with E-state index in [0.717, 1.165) is 24.9 Å². The predicted molar refractivity (Wildman–Crippen MR) is 90.2 cm³/mol. The molecule has 1 heterocycles. The number of aryl methyl sites for hydroxylation is 3. The van der Waals surface area contributed by atoms with Crippen molar-refractivity contribution in [3.8, 4) is 0 Å². The molecule has 7 heteroatoms. The maximum atomic E-state index is 12.5. The van der Waals surface area contributed by atoms with E-state index in [1.807, 2.05) is 12.1 Å². The molecule has 1 atom stereocenters. The fourth-order valence-corrected chi connectivity index (χ4v) is 3.30. The second kappa shape index (κ2) is 6.07. The first-order valence-electron chi connectivity index (χ1n) is 8.01. The topological polar surface area (TPSA) is 90.1 Å². The molecule has 0 saturated carbocycles. The summed E-state index contributed by atoms with van der Waals surface area (Å²) in [5, 5.41) is 18.2. The molecule has 1 aromatic heterocycles. The van der Waals surface area contributed by atoms with Gasteiger partial charge in [-0.05, 0) is 63.3 Å². The molecule has 1 aliphatic carbocycles. The van der Waals surface area contributed by atoms with Gasteiger partial charge in [-0.25, -0.2) is 0 Å². The summed E-state index contributed by atoms with van der Waals surface area (Å²) in [4.78, 5) is 23.2. The van der Waals surface area contributed by atoms with Crippen LogP contribution in [0.1, 0.15) is 41.9 Å². The van der Waals surface area contributed by atoms with Crippen molar-refractivity contribution in [3.05, 3.63) is 50.8 Å². The standard InChI is InChI=1S/C17H20N4O3/c1-10-16(21(23)24)11(2)20(19-10)12(3)17(22)18-15-8-7-13-5-4-6-14(13)9-15/h7-9,12H,4-6H2,1-3H3,(H,18,22). The van der Waals surface area contributed by atoms with Crippen molar-refractivity contribution in [3.63, 3.8) is 0 Å². The number of amides is 1. The van der Waals surface area contributed by atoms with Gasteiger partial charge < -0.3 is 5.32 Å². The smallest absolute Gasteiger partial charge is 0.312 e. The minimum absolute atomic E-state index is 0.0350. The number of carbonyl (C=O) groups excluding carboxylic acids is 1. The number of carbonyl (C=O) groups is 1. The van der Waals surface area contributed by atoms with Gasteiger partial charge in [-0.3, -0.25) is 19.6 Å². The van der Waals surface area contributed by atoms with E-state index in [1.54, 1.807) is 20.8 Å². The third kappa shape index (κ3) is 2.77. The van der Waals surface area contributed by atoms with Crippen molar-refractivity contribution in [2.24, 2.45) is 0 Å². The SMILES string of the molecule is Cc1nn(C(C)C(=O)Nc2ccc3c(c2)CCC3)c(C)c1[N+](=O)[O-]. The van der Waals surface area contributed by atoms with Gasteiger partial charge in [0.25, 0.3) is 0 Å². The molecule has 0 spiro atoms. The van der Waals surface area contributed by atoms with Crippen molar-refractivity contribution in [2.45, 2.75) is 46.1 Å². The van der Waals surface area contributed by atoms with Crippen molar-refractivity contribution in [1.29, 1.82) is 0 Å². The fraction of sp³-hybridized carbons (Fsp3) is 0.412. The second-order valence-electron chi connectivity index (χ2n) is 6.22. The van der Waals surface area contributed by atoms with Crippen LogP contribution in [0.5, 0.6) is 0 Å². The van der Waals surface area contributed by atoms with Gasteiger partial charge in [-0.15, -0.1) is 0 Å². The summed E-state index contributed by atoms with van der Waals surface area (Å²) in [5.41, 5.74) is 4.04. The van der Waals surface area contributed by atoms with E-state index in [2.05, 4.69) is 16.5 Å². The Morgan fingerprint density at radius 1 is 1.33 bits per heavy atom. The highest BCUT2D eigenvalue weighted by Crippen LogP contribution is 2.27. The van der Waals surface area contributed by atoms with Gasteiger partial charge >= 0.3 is 5.69 Å². The summed E-state index contributed by atoms with van der Waals surface area (Å²) >= 11 is 0. The Labute approximate surface area is 139 Å². The third-order valence-electron chi connectivity index (χ3n) is 4.58. The number of nitrogens with zero attached hydrogens (tertiary/aromatic N) is 3. The third-order valence-corrected chi connectivity index (χ3v) is 4.58. The molecule has 24 heavy (non-hydrogen) atoms. The van der Waals surface area contributed by atoms with Gasteiger partial charge in [0.05, 0.1) is 4.92 Å². The van der Waals surface area contributed by atoms with Gasteiger partial charge in [-0.1, -0.05) is 6.07 Å². The molecule has 126 valence electrons. The van der Waals surface area contributed by atoms with Crippen LogP contribution < -0.4 is 5.32 Å². The summed E-state index contributed by atoms with van der Waals surface area (Å²) in [5.74, 6) is -0.242. The first-order valence-corrected chi connectivity index (χ1v) is 8.01. The zero-order valence-electron chi connectivity index (χ0n) is 14.0. The number of benzene rings is 1. The highest BCUT2D eigenvalue weighted by molar-refractivity contribution is 5.93. The first-order chi connectivity index (χ1) is 11.4. The summed E-state index contributed by atoms with van der Waals surface area (Å²) in [6.45, 7) is 4.87. The van der Waals surface area contributed by atoms with Crippen molar-refractivity contribution >= 4 is 17.3 Å². The van der Waals surface area contributed by atoms with Gasteiger partial charge in [0.15, 0.2) is 0 Å². The van der Waals surface area contributed by atoms with Crippen LogP contribution in [0.4, 0.5) is 11.4 Å². The molecule has 3 rings (SSSR count). The van der Waals surface area contributed by atoms with E-state index in [9.17, 15) is 14.9 Å². The number of anilines is 1. The Kier molecular flexibility index (Phi) is 4.09. The van der Waals surface area contributed by atoms with Crippen LogP contribution in [0, 0.1) is 24.0 Å². The molecule has 0 aliphatic heterocycles. The van der Waals surface area contributed by atoms with Crippen LogP contribution in [0.25, 0.3) is 0 Å². The molecule has 2 aromatic rings. The van der Waals surface area contributed by atoms with E-state index in [4.69, 9.17) is 0 Å². The second-order valence-corrected chi connectivity index (χ2v) is 6.22. The number of rotatable bonds is 4. The summed E-state index contributed by atoms with van der Waals surface area (Å²) in [6, 6.07) is 5.33. The molecule has 1 aromatic carbocycles. The van der Waals surface area contributed by atoms with Crippen LogP contribution in [-0.2, 0) is 17.6 Å². The highest BCUT2D eigenvalue weighted by atomic mass is 16.6. The lowest BCUT2D eigenvalue weighted by atomic mass is 10.1. The number of aromatic nitrogens is 2. The Bertz CT molecular complexity index is 825. The molecule has 1 aliphatic rings. The van der Waals surface area contributed by atoms with E-state index >= 15 is 0 Å². The molecule has 0 radical (unpaired) electrons. The maximum Gasteiger partial charge on any atom is 0.312 e. The lowest BCUT2D eigenvalue weighted by Gasteiger charge is -2.14. The maximum absolute atomic E-state index is 12.5. The molecule has 0 fully saturated rings. The molecule has 0 bridgehead atoms. The zero-order chi connectivity index (χ0) is 17.4. The molecule has 0 saturated heterocycles. The quantitative estimate of drug-likeness (QED) is 0.690. The largest absolute Gasteiger partial charge is 0.324 e. The van der Waals surface area contributed by atoms with Crippen LogP contribution in [0.2, 0.25) is 0 Å². The Balaban J connectivity index is 1.80. The van der Waals surface area contributed by atoms with Gasteiger partial charge in [0, 0.05) is 5.69 Å². The van der Waals surface area contributed by atoms with Crippen molar-refractivity contribution in [2.75, 3.05) is 5.32 Å². The Morgan fingerprint density at radius 3 is 2.71 bits per heavy atom. The molecule has 1 unspecified atom stereocenters. The van der Waals surface area contributed by atoms with Gasteiger partial charge in [0.1, 0.15) is 17.4 Å². The number of hydrogen-bond acceptors (Lipinski definition) is 4. The molecule has 7 nitrogen and oxygen atoms in total. The highest BCUT2D eigenvalue weighted by Gasteiger charge is 2.27. The average molecular weight is 328 g/mol. The van der Waals surface area contributed by atoms with Gasteiger partial charge in [-0.2, -0.15) is 5.10 Å². The predicted octanol–water partition coefficient (Wildman–Crippen LogP) is 3.10. The Morgan fingerprint density at radius 2 is 2.04 bits per heavy atom. The summed E-state index contributed by atoms with van der Waals surface area (Å²) in [6.07, 6.45) is 3.28. The van der Waals surface area contributed by atoms with Gasteiger partial charge in [0.2, 0.25) is 5.91 Å².